The summed E-state index contributed by atoms with van der Waals surface area (Å²) in [7, 11) is 0. The second kappa shape index (κ2) is 4.74. The van der Waals surface area contributed by atoms with E-state index >= 15 is 0 Å². The molecule has 0 bridgehead atoms. The zero-order valence-electron chi connectivity index (χ0n) is 8.28. The van der Waals surface area contributed by atoms with Crippen LogP contribution in [-0.2, 0) is 6.42 Å². The molecule has 0 aliphatic carbocycles. The molecule has 0 aliphatic heterocycles. The standard InChI is InChI=1S/C11H13ClF2/c1-7-4-10(13)9(11(14)5-7)3-8(2)6-12/h4-5,8H,3,6H2,1-2H3. The molecule has 0 N–H and O–H groups in total. The molecule has 1 unspecified atom stereocenters. The van der Waals surface area contributed by atoms with E-state index in [1.54, 1.807) is 6.92 Å². The first-order chi connectivity index (χ1) is 6.54. The fourth-order valence-corrected chi connectivity index (χ4v) is 1.44. The van der Waals surface area contributed by atoms with Crippen LogP contribution < -0.4 is 0 Å². The van der Waals surface area contributed by atoms with E-state index in [2.05, 4.69) is 0 Å². The molecule has 0 saturated heterocycles. The van der Waals surface area contributed by atoms with Crippen LogP contribution in [-0.4, -0.2) is 5.88 Å². The fraction of sp³-hybridized carbons (Fsp3) is 0.455. The maximum absolute atomic E-state index is 13.3. The molecule has 78 valence electrons. The molecule has 0 aromatic heterocycles. The summed E-state index contributed by atoms with van der Waals surface area (Å²) in [5, 5.41) is 0. The molecule has 0 aliphatic rings. The van der Waals surface area contributed by atoms with Gasteiger partial charge in [-0.3, -0.25) is 0 Å². The third kappa shape index (κ3) is 2.68. The van der Waals surface area contributed by atoms with Gasteiger partial charge in [-0.05, 0) is 37.0 Å². The van der Waals surface area contributed by atoms with E-state index in [-0.39, 0.29) is 11.5 Å². The van der Waals surface area contributed by atoms with E-state index in [1.807, 2.05) is 6.92 Å². The molecule has 0 heterocycles. The molecular weight excluding hydrogens is 206 g/mol. The Morgan fingerprint density at radius 1 is 1.29 bits per heavy atom. The van der Waals surface area contributed by atoms with Crippen molar-refractivity contribution in [1.82, 2.24) is 0 Å². The molecule has 1 aromatic carbocycles. The van der Waals surface area contributed by atoms with Crippen LogP contribution in [0.15, 0.2) is 12.1 Å². The van der Waals surface area contributed by atoms with Gasteiger partial charge in [0, 0.05) is 11.4 Å². The summed E-state index contributed by atoms with van der Waals surface area (Å²) in [4.78, 5) is 0. The predicted molar refractivity (Wildman–Crippen MR) is 54.7 cm³/mol. The Balaban J connectivity index is 2.96. The summed E-state index contributed by atoms with van der Waals surface area (Å²) in [5.41, 5.74) is 0.742. The van der Waals surface area contributed by atoms with E-state index in [0.29, 0.717) is 17.9 Å². The molecule has 0 nitrogen and oxygen atoms in total. The third-order valence-electron chi connectivity index (χ3n) is 2.10. The molecule has 1 atom stereocenters. The lowest BCUT2D eigenvalue weighted by molar-refractivity contribution is 0.525. The quantitative estimate of drug-likeness (QED) is 0.679. The van der Waals surface area contributed by atoms with Crippen molar-refractivity contribution in [3.8, 4) is 0 Å². The molecule has 3 heteroatoms. The zero-order chi connectivity index (χ0) is 10.7. The van der Waals surface area contributed by atoms with Crippen molar-refractivity contribution in [2.75, 3.05) is 5.88 Å². The summed E-state index contributed by atoms with van der Waals surface area (Å²) in [6.45, 7) is 3.53. The van der Waals surface area contributed by atoms with Gasteiger partial charge in [0.15, 0.2) is 0 Å². The van der Waals surface area contributed by atoms with Crippen LogP contribution in [0.2, 0.25) is 0 Å². The minimum absolute atomic E-state index is 0.0865. The number of hydrogen-bond acceptors (Lipinski definition) is 0. The Hall–Kier alpha value is -0.630. The van der Waals surface area contributed by atoms with Crippen molar-refractivity contribution in [2.45, 2.75) is 20.3 Å². The van der Waals surface area contributed by atoms with Crippen LogP contribution in [0.1, 0.15) is 18.1 Å². The predicted octanol–water partition coefficient (Wildman–Crippen LogP) is 3.69. The average Bonchev–Trinajstić information content (AvgIpc) is 2.10. The lowest BCUT2D eigenvalue weighted by Crippen LogP contribution is -2.06. The Kier molecular flexibility index (Phi) is 3.87. The number of rotatable bonds is 3. The Labute approximate surface area is 87.9 Å². The maximum atomic E-state index is 13.3. The van der Waals surface area contributed by atoms with E-state index in [9.17, 15) is 8.78 Å². The maximum Gasteiger partial charge on any atom is 0.129 e. The van der Waals surface area contributed by atoms with E-state index in [4.69, 9.17) is 11.6 Å². The Morgan fingerprint density at radius 3 is 2.21 bits per heavy atom. The van der Waals surface area contributed by atoms with Crippen molar-refractivity contribution >= 4 is 11.6 Å². The highest BCUT2D eigenvalue weighted by molar-refractivity contribution is 6.18. The molecule has 1 rings (SSSR count). The van der Waals surface area contributed by atoms with Gasteiger partial charge in [0.1, 0.15) is 11.6 Å². The molecule has 0 saturated carbocycles. The molecular formula is C11H13ClF2. The Bertz CT molecular complexity index is 300. The van der Waals surface area contributed by atoms with E-state index in [1.165, 1.54) is 12.1 Å². The first-order valence-corrected chi connectivity index (χ1v) is 5.08. The normalized spacial score (nSPS) is 12.9. The first kappa shape index (κ1) is 11.4. The SMILES string of the molecule is Cc1cc(F)c(CC(C)CCl)c(F)c1. The van der Waals surface area contributed by atoms with Gasteiger partial charge in [-0.25, -0.2) is 8.78 Å². The zero-order valence-corrected chi connectivity index (χ0v) is 9.04. The van der Waals surface area contributed by atoms with Crippen LogP contribution in [0.3, 0.4) is 0 Å². The van der Waals surface area contributed by atoms with Gasteiger partial charge in [0.2, 0.25) is 0 Å². The van der Waals surface area contributed by atoms with Crippen LogP contribution in [0.25, 0.3) is 0 Å². The Morgan fingerprint density at radius 2 is 1.79 bits per heavy atom. The van der Waals surface area contributed by atoms with Crippen molar-refractivity contribution in [3.05, 3.63) is 34.9 Å². The highest BCUT2D eigenvalue weighted by Crippen LogP contribution is 2.19. The number of alkyl halides is 1. The van der Waals surface area contributed by atoms with Crippen LogP contribution in [0, 0.1) is 24.5 Å². The molecule has 0 amide bonds. The summed E-state index contributed by atoms with van der Waals surface area (Å²) >= 11 is 5.59. The van der Waals surface area contributed by atoms with Gasteiger partial charge in [-0.1, -0.05) is 6.92 Å². The summed E-state index contributed by atoms with van der Waals surface area (Å²) in [6.07, 6.45) is 0.349. The summed E-state index contributed by atoms with van der Waals surface area (Å²) < 4.78 is 26.6. The first-order valence-electron chi connectivity index (χ1n) is 4.55. The van der Waals surface area contributed by atoms with Gasteiger partial charge >= 0.3 is 0 Å². The molecule has 0 spiro atoms. The number of hydrogen-bond donors (Lipinski definition) is 0. The topological polar surface area (TPSA) is 0 Å². The number of aryl methyl sites for hydroxylation is 1. The molecule has 1 aromatic rings. The number of halogens is 3. The second-order valence-corrected chi connectivity index (χ2v) is 3.98. The van der Waals surface area contributed by atoms with Crippen molar-refractivity contribution < 1.29 is 8.78 Å². The third-order valence-corrected chi connectivity index (χ3v) is 2.63. The van der Waals surface area contributed by atoms with E-state index in [0.717, 1.165) is 0 Å². The van der Waals surface area contributed by atoms with E-state index < -0.39 is 11.6 Å². The van der Waals surface area contributed by atoms with Crippen LogP contribution >= 0.6 is 11.6 Å². The molecule has 0 radical (unpaired) electrons. The largest absolute Gasteiger partial charge is 0.207 e. The fourth-order valence-electron chi connectivity index (χ4n) is 1.33. The average molecular weight is 219 g/mol. The second-order valence-electron chi connectivity index (χ2n) is 3.67. The highest BCUT2D eigenvalue weighted by atomic mass is 35.5. The lowest BCUT2D eigenvalue weighted by Gasteiger charge is -2.10. The minimum atomic E-state index is -0.473. The van der Waals surface area contributed by atoms with Gasteiger partial charge < -0.3 is 0 Å². The van der Waals surface area contributed by atoms with Gasteiger partial charge in [0.05, 0.1) is 0 Å². The van der Waals surface area contributed by atoms with Crippen molar-refractivity contribution in [2.24, 2.45) is 5.92 Å². The number of benzene rings is 1. The molecule has 0 fully saturated rings. The summed E-state index contributed by atoms with van der Waals surface area (Å²) in [5.74, 6) is -0.449. The molecule has 14 heavy (non-hydrogen) atoms. The monoisotopic (exact) mass is 218 g/mol. The highest BCUT2D eigenvalue weighted by Gasteiger charge is 2.12. The smallest absolute Gasteiger partial charge is 0.129 e. The van der Waals surface area contributed by atoms with Crippen molar-refractivity contribution in [1.29, 1.82) is 0 Å². The summed E-state index contributed by atoms with van der Waals surface area (Å²) in [6, 6.07) is 2.69. The van der Waals surface area contributed by atoms with Crippen LogP contribution in [0.4, 0.5) is 8.78 Å². The van der Waals surface area contributed by atoms with Gasteiger partial charge in [-0.2, -0.15) is 0 Å². The van der Waals surface area contributed by atoms with Crippen LogP contribution in [0.5, 0.6) is 0 Å². The van der Waals surface area contributed by atoms with Gasteiger partial charge in [0.25, 0.3) is 0 Å². The lowest BCUT2D eigenvalue weighted by atomic mass is 10.0. The van der Waals surface area contributed by atoms with Crippen molar-refractivity contribution in [3.63, 3.8) is 0 Å². The van der Waals surface area contributed by atoms with Gasteiger partial charge in [-0.15, -0.1) is 11.6 Å². The minimum Gasteiger partial charge on any atom is -0.207 e.